The van der Waals surface area contributed by atoms with Crippen LogP contribution in [0.4, 0.5) is 0 Å². The maximum absolute atomic E-state index is 9.21. The molecule has 56 valence electrons. The molecule has 4 heteroatoms. The van der Waals surface area contributed by atoms with Gasteiger partial charge in [0.1, 0.15) is 11.9 Å². The van der Waals surface area contributed by atoms with Crippen molar-refractivity contribution in [3.8, 4) is 0 Å². The Morgan fingerprint density at radius 2 is 2.30 bits per heavy atom. The van der Waals surface area contributed by atoms with Crippen LogP contribution in [0.3, 0.4) is 0 Å². The molecule has 0 aromatic carbocycles. The molecule has 0 saturated heterocycles. The molecule has 0 spiro atoms. The second-order valence-electron chi connectivity index (χ2n) is 2.22. The van der Waals surface area contributed by atoms with E-state index in [4.69, 9.17) is 0 Å². The number of H-pyrrole nitrogens is 1. The Morgan fingerprint density at radius 1 is 1.60 bits per heavy atom. The van der Waals surface area contributed by atoms with E-state index >= 15 is 0 Å². The minimum absolute atomic E-state index is 0.499. The molecule has 10 heavy (non-hydrogen) atoms. The highest BCUT2D eigenvalue weighted by Gasteiger charge is 2.07. The zero-order chi connectivity index (χ0) is 7.56. The molecule has 2 N–H and O–H groups in total. The maximum Gasteiger partial charge on any atom is 0.159 e. The Kier molecular flexibility index (Phi) is 2.01. The lowest BCUT2D eigenvalue weighted by Gasteiger charge is -1.99. The van der Waals surface area contributed by atoms with Gasteiger partial charge in [0.15, 0.2) is 5.82 Å². The molecule has 1 aromatic heterocycles. The highest BCUT2D eigenvalue weighted by molar-refractivity contribution is 4.90. The zero-order valence-corrected chi connectivity index (χ0v) is 6.13. The number of nitrogens with zero attached hydrogens (tertiary/aromatic N) is 2. The van der Waals surface area contributed by atoms with Crippen LogP contribution in [0, 0.1) is 6.92 Å². The van der Waals surface area contributed by atoms with Gasteiger partial charge in [-0.2, -0.15) is 0 Å². The molecule has 1 aromatic rings. The van der Waals surface area contributed by atoms with Crippen molar-refractivity contribution < 1.29 is 5.11 Å². The quantitative estimate of drug-likeness (QED) is 0.632. The van der Waals surface area contributed by atoms with Crippen LogP contribution in [0.1, 0.15) is 31.1 Å². The van der Waals surface area contributed by atoms with Crippen LogP contribution in [0.15, 0.2) is 0 Å². The number of aryl methyl sites for hydroxylation is 1. The molecule has 1 heterocycles. The van der Waals surface area contributed by atoms with Crippen LogP contribution in [0.2, 0.25) is 0 Å². The molecule has 1 rings (SSSR count). The average molecular weight is 141 g/mol. The molecule has 0 saturated carbocycles. The second-order valence-corrected chi connectivity index (χ2v) is 2.22. The molecule has 0 aliphatic heterocycles. The van der Waals surface area contributed by atoms with E-state index in [2.05, 4.69) is 15.2 Å². The molecule has 0 bridgehead atoms. The lowest BCUT2D eigenvalue weighted by Crippen LogP contribution is -1.97. The molecule has 4 nitrogen and oxygen atoms in total. The Balaban J connectivity index is 2.74. The molecule has 0 fully saturated rings. The van der Waals surface area contributed by atoms with Gasteiger partial charge in [-0.15, -0.1) is 10.2 Å². The first kappa shape index (κ1) is 7.21. The third-order valence-electron chi connectivity index (χ3n) is 1.32. The lowest BCUT2D eigenvalue weighted by atomic mass is 10.3. The molecular formula is C6H11N3O. The van der Waals surface area contributed by atoms with Gasteiger partial charge in [-0.25, -0.2) is 0 Å². The molecule has 0 radical (unpaired) electrons. The van der Waals surface area contributed by atoms with E-state index in [-0.39, 0.29) is 0 Å². The van der Waals surface area contributed by atoms with Gasteiger partial charge in [-0.05, 0) is 13.3 Å². The minimum Gasteiger partial charge on any atom is -0.385 e. The van der Waals surface area contributed by atoms with Gasteiger partial charge >= 0.3 is 0 Å². The molecule has 1 unspecified atom stereocenters. The number of hydrogen-bond acceptors (Lipinski definition) is 3. The number of aromatic amines is 1. The Bertz CT molecular complexity index is 209. The van der Waals surface area contributed by atoms with E-state index in [0.29, 0.717) is 12.2 Å². The van der Waals surface area contributed by atoms with Gasteiger partial charge in [0.05, 0.1) is 0 Å². The van der Waals surface area contributed by atoms with E-state index in [1.165, 1.54) is 0 Å². The predicted molar refractivity (Wildman–Crippen MR) is 36.4 cm³/mol. The first-order valence-electron chi connectivity index (χ1n) is 3.31. The minimum atomic E-state index is -0.499. The fraction of sp³-hybridized carbons (Fsp3) is 0.667. The first-order chi connectivity index (χ1) is 4.74. The van der Waals surface area contributed by atoms with Gasteiger partial charge in [0.2, 0.25) is 0 Å². The summed E-state index contributed by atoms with van der Waals surface area (Å²) in [5, 5.41) is 16.7. The summed E-state index contributed by atoms with van der Waals surface area (Å²) in [6.45, 7) is 3.70. The van der Waals surface area contributed by atoms with Crippen molar-refractivity contribution in [3.05, 3.63) is 11.6 Å². The van der Waals surface area contributed by atoms with E-state index < -0.39 is 6.10 Å². The number of hydrogen-bond donors (Lipinski definition) is 2. The fourth-order valence-corrected chi connectivity index (χ4v) is 0.708. The van der Waals surface area contributed by atoms with Gasteiger partial charge in [0.25, 0.3) is 0 Å². The Morgan fingerprint density at radius 3 is 2.70 bits per heavy atom. The van der Waals surface area contributed by atoms with Crippen molar-refractivity contribution in [2.24, 2.45) is 0 Å². The monoisotopic (exact) mass is 141 g/mol. The SMILES string of the molecule is CCC(O)c1nnc(C)[nH]1. The van der Waals surface area contributed by atoms with Crippen molar-refractivity contribution in [1.82, 2.24) is 15.2 Å². The van der Waals surface area contributed by atoms with E-state index in [1.54, 1.807) is 6.92 Å². The third-order valence-corrected chi connectivity index (χ3v) is 1.32. The van der Waals surface area contributed by atoms with Crippen LogP contribution >= 0.6 is 0 Å². The smallest absolute Gasteiger partial charge is 0.159 e. The topological polar surface area (TPSA) is 61.8 Å². The summed E-state index contributed by atoms with van der Waals surface area (Å²) in [7, 11) is 0. The maximum atomic E-state index is 9.21. The molecule has 0 aliphatic rings. The summed E-state index contributed by atoms with van der Waals surface area (Å²) in [6.07, 6.45) is 0.162. The molecule has 1 atom stereocenters. The van der Waals surface area contributed by atoms with Crippen LogP contribution in [0.25, 0.3) is 0 Å². The Labute approximate surface area is 59.3 Å². The van der Waals surface area contributed by atoms with Crippen LogP contribution in [0.5, 0.6) is 0 Å². The summed E-state index contributed by atoms with van der Waals surface area (Å²) in [5.74, 6) is 1.29. The summed E-state index contributed by atoms with van der Waals surface area (Å²) in [6, 6.07) is 0. The highest BCUT2D eigenvalue weighted by Crippen LogP contribution is 2.09. The van der Waals surface area contributed by atoms with Crippen molar-refractivity contribution in [1.29, 1.82) is 0 Å². The van der Waals surface area contributed by atoms with Crippen molar-refractivity contribution in [3.63, 3.8) is 0 Å². The number of aliphatic hydroxyl groups excluding tert-OH is 1. The van der Waals surface area contributed by atoms with E-state index in [0.717, 1.165) is 5.82 Å². The number of rotatable bonds is 2. The third kappa shape index (κ3) is 1.33. The van der Waals surface area contributed by atoms with Crippen LogP contribution in [-0.4, -0.2) is 20.3 Å². The van der Waals surface area contributed by atoms with Crippen molar-refractivity contribution in [2.45, 2.75) is 26.4 Å². The molecule has 0 amide bonds. The highest BCUT2D eigenvalue weighted by atomic mass is 16.3. The van der Waals surface area contributed by atoms with Crippen LogP contribution in [-0.2, 0) is 0 Å². The summed E-state index contributed by atoms with van der Waals surface area (Å²) in [5.41, 5.74) is 0. The Hall–Kier alpha value is -0.900. The molecule has 0 aliphatic carbocycles. The number of aliphatic hydroxyl groups is 1. The fourth-order valence-electron chi connectivity index (χ4n) is 0.708. The summed E-state index contributed by atoms with van der Waals surface area (Å²) < 4.78 is 0. The average Bonchev–Trinajstić information content (AvgIpc) is 2.34. The van der Waals surface area contributed by atoms with Gasteiger partial charge in [0, 0.05) is 0 Å². The molecular weight excluding hydrogens is 130 g/mol. The number of nitrogens with one attached hydrogen (secondary N) is 1. The van der Waals surface area contributed by atoms with E-state index in [9.17, 15) is 5.11 Å². The van der Waals surface area contributed by atoms with Gasteiger partial charge in [-0.1, -0.05) is 6.92 Å². The number of aromatic nitrogens is 3. The van der Waals surface area contributed by atoms with Crippen LogP contribution < -0.4 is 0 Å². The lowest BCUT2D eigenvalue weighted by molar-refractivity contribution is 0.164. The second kappa shape index (κ2) is 2.79. The standard InChI is InChI=1S/C6H11N3O/c1-3-5(10)6-7-4(2)8-9-6/h5,10H,3H2,1-2H3,(H,7,8,9). The van der Waals surface area contributed by atoms with E-state index in [1.807, 2.05) is 6.92 Å². The van der Waals surface area contributed by atoms with Gasteiger partial charge < -0.3 is 10.1 Å². The normalized spacial score (nSPS) is 13.5. The van der Waals surface area contributed by atoms with Crippen molar-refractivity contribution in [2.75, 3.05) is 0 Å². The summed E-state index contributed by atoms with van der Waals surface area (Å²) >= 11 is 0. The largest absolute Gasteiger partial charge is 0.385 e. The first-order valence-corrected chi connectivity index (χ1v) is 3.31. The zero-order valence-electron chi connectivity index (χ0n) is 6.13. The van der Waals surface area contributed by atoms with Gasteiger partial charge in [-0.3, -0.25) is 0 Å². The van der Waals surface area contributed by atoms with Crippen molar-refractivity contribution >= 4 is 0 Å². The summed E-state index contributed by atoms with van der Waals surface area (Å²) in [4.78, 5) is 2.85. The predicted octanol–water partition coefficient (Wildman–Crippen LogP) is 0.557.